The number of hydrogen-bond donors (Lipinski definition) is 2. The molecule has 33 heavy (non-hydrogen) atoms. The highest BCUT2D eigenvalue weighted by Crippen LogP contribution is 2.35. The number of rotatable bonds is 6. The number of carbonyl (C=O) groups is 1. The molecule has 4 rings (SSSR count). The van der Waals surface area contributed by atoms with Gasteiger partial charge in [-0.2, -0.15) is 0 Å². The third kappa shape index (κ3) is 4.81. The Labute approximate surface area is 199 Å². The van der Waals surface area contributed by atoms with E-state index in [4.69, 9.17) is 23.2 Å². The van der Waals surface area contributed by atoms with Gasteiger partial charge in [-0.3, -0.25) is 4.79 Å². The van der Waals surface area contributed by atoms with Crippen LogP contribution in [0.1, 0.15) is 13.8 Å². The van der Waals surface area contributed by atoms with Gasteiger partial charge in [0.15, 0.2) is 0 Å². The predicted octanol–water partition coefficient (Wildman–Crippen LogP) is 3.02. The van der Waals surface area contributed by atoms with Crippen LogP contribution >= 0.6 is 23.2 Å². The van der Waals surface area contributed by atoms with Crippen molar-refractivity contribution in [2.24, 2.45) is 5.92 Å². The number of nitrogens with zero attached hydrogens (tertiary/aromatic N) is 2. The van der Waals surface area contributed by atoms with Crippen molar-refractivity contribution in [1.82, 2.24) is 15.0 Å². The van der Waals surface area contributed by atoms with Crippen molar-refractivity contribution in [3.05, 3.63) is 56.6 Å². The van der Waals surface area contributed by atoms with Crippen LogP contribution < -0.4 is 25.8 Å². The molecular formula is C22H18Cl2FN4O3S. The number of aromatic nitrogens is 1. The summed E-state index contributed by atoms with van der Waals surface area (Å²) in [5.74, 6) is -0.599. The number of carbonyl (C=O) groups excluding carboxylic acids is 1. The second-order valence-electron chi connectivity index (χ2n) is 7.82. The summed E-state index contributed by atoms with van der Waals surface area (Å²) in [6.45, 7) is 4.03. The molecule has 1 aliphatic rings. The summed E-state index contributed by atoms with van der Waals surface area (Å²) in [6, 6.07) is 6.63. The van der Waals surface area contributed by atoms with E-state index < -0.39 is 21.7 Å². The molecule has 0 fully saturated rings. The highest BCUT2D eigenvalue weighted by molar-refractivity contribution is 7.89. The van der Waals surface area contributed by atoms with Crippen LogP contribution in [0.2, 0.25) is 10.0 Å². The van der Waals surface area contributed by atoms with E-state index in [-0.39, 0.29) is 38.9 Å². The molecule has 0 unspecified atom stereocenters. The lowest BCUT2D eigenvalue weighted by Gasteiger charge is -2.15. The topological polar surface area (TPSA) is 102 Å². The summed E-state index contributed by atoms with van der Waals surface area (Å²) < 4.78 is 41.4. The molecule has 7 nitrogen and oxygen atoms in total. The van der Waals surface area contributed by atoms with Crippen LogP contribution in [0.5, 0.6) is 0 Å². The van der Waals surface area contributed by atoms with E-state index in [1.807, 2.05) is 13.8 Å². The zero-order valence-electron chi connectivity index (χ0n) is 17.5. The van der Waals surface area contributed by atoms with Crippen LogP contribution in [0.4, 0.5) is 15.9 Å². The van der Waals surface area contributed by atoms with Crippen molar-refractivity contribution in [2.45, 2.75) is 18.7 Å². The number of nitrogens with one attached hydrogen (secondary N) is 2. The van der Waals surface area contributed by atoms with Gasteiger partial charge in [0.2, 0.25) is 10.0 Å². The van der Waals surface area contributed by atoms with Gasteiger partial charge in [0.05, 0.1) is 26.1 Å². The van der Waals surface area contributed by atoms with Gasteiger partial charge >= 0.3 is 0 Å². The fraction of sp³-hybridized carbons (Fsp3) is 0.182. The van der Waals surface area contributed by atoms with E-state index >= 15 is 0 Å². The Bertz CT molecular complexity index is 1500. The van der Waals surface area contributed by atoms with Crippen molar-refractivity contribution in [2.75, 3.05) is 11.9 Å². The maximum absolute atomic E-state index is 13.8. The predicted molar refractivity (Wildman–Crippen MR) is 127 cm³/mol. The first kappa shape index (κ1) is 23.4. The van der Waals surface area contributed by atoms with E-state index in [0.717, 1.165) is 0 Å². The standard InChI is InChI=1S/C22H18Cl2FN4O3S/c1-11(2)9-27-33(31,32)13-6-17(23)21(18(24)7-13)29-22-15-8-20(30)26-10-16(15)14-5-12(25)3-4-19(14)28-22/h3-8,10-11,27H,9H2,1-2H3,(H,28,29). The first-order valence-corrected chi connectivity index (χ1v) is 12.1. The SMILES string of the molecule is CC(C)CNS(=O)(=O)c1cc(Cl)c(Nc2nc3ccc(F)cc3c3c2=CC(=O)[N]C=3)c(Cl)c1. The molecule has 0 saturated heterocycles. The van der Waals surface area contributed by atoms with Crippen molar-refractivity contribution in [3.8, 4) is 0 Å². The average Bonchev–Trinajstić information content (AvgIpc) is 2.75. The summed E-state index contributed by atoms with van der Waals surface area (Å²) in [4.78, 5) is 16.3. The van der Waals surface area contributed by atoms with Crippen LogP contribution in [-0.4, -0.2) is 25.9 Å². The number of anilines is 2. The molecule has 11 heteroatoms. The summed E-state index contributed by atoms with van der Waals surface area (Å²) >= 11 is 12.8. The smallest absolute Gasteiger partial charge is 0.270 e. The maximum Gasteiger partial charge on any atom is 0.270 e. The number of halogens is 3. The van der Waals surface area contributed by atoms with Crippen LogP contribution in [-0.2, 0) is 14.8 Å². The molecule has 2 aromatic carbocycles. The lowest BCUT2D eigenvalue weighted by Crippen LogP contribution is -2.36. The quantitative estimate of drug-likeness (QED) is 0.533. The molecule has 2 N–H and O–H groups in total. The molecule has 1 radical (unpaired) electrons. The summed E-state index contributed by atoms with van der Waals surface area (Å²) in [5, 5.41) is 8.23. The van der Waals surface area contributed by atoms with Gasteiger partial charge in [-0.05, 0) is 36.2 Å². The molecule has 0 aliphatic carbocycles. The Hall–Kier alpha value is -2.72. The second kappa shape index (κ2) is 8.90. The average molecular weight is 508 g/mol. The minimum atomic E-state index is -3.81. The van der Waals surface area contributed by atoms with Crippen LogP contribution in [0, 0.1) is 11.7 Å². The molecule has 0 atom stereocenters. The van der Waals surface area contributed by atoms with Gasteiger partial charge in [-0.15, -0.1) is 0 Å². The molecule has 1 aromatic heterocycles. The van der Waals surface area contributed by atoms with E-state index in [1.165, 1.54) is 42.6 Å². The first-order valence-electron chi connectivity index (χ1n) is 9.87. The van der Waals surface area contributed by atoms with Gasteiger partial charge < -0.3 is 5.32 Å². The number of pyridine rings is 1. The van der Waals surface area contributed by atoms with Crippen LogP contribution in [0.15, 0.2) is 35.2 Å². The number of benzene rings is 2. The molecule has 0 bridgehead atoms. The Morgan fingerprint density at radius 2 is 1.79 bits per heavy atom. The zero-order chi connectivity index (χ0) is 23.9. The van der Waals surface area contributed by atoms with E-state index in [0.29, 0.717) is 21.3 Å². The van der Waals surface area contributed by atoms with Crippen LogP contribution in [0.3, 0.4) is 0 Å². The highest BCUT2D eigenvalue weighted by atomic mass is 35.5. The Balaban J connectivity index is 1.81. The summed E-state index contributed by atoms with van der Waals surface area (Å²) in [7, 11) is -3.81. The first-order chi connectivity index (χ1) is 15.5. The zero-order valence-corrected chi connectivity index (χ0v) is 19.8. The number of sulfonamides is 1. The fourth-order valence-corrected chi connectivity index (χ4v) is 5.22. The van der Waals surface area contributed by atoms with E-state index in [1.54, 1.807) is 0 Å². The number of amides is 1. The molecule has 0 spiro atoms. The van der Waals surface area contributed by atoms with Crippen LogP contribution in [0.25, 0.3) is 23.2 Å². The minimum absolute atomic E-state index is 0.0398. The van der Waals surface area contributed by atoms with E-state index in [2.05, 4.69) is 20.3 Å². The molecule has 1 amide bonds. The Kier molecular flexibility index (Phi) is 6.32. The van der Waals surface area contributed by atoms with Crippen molar-refractivity contribution < 1.29 is 17.6 Å². The normalized spacial score (nSPS) is 13.3. The number of hydrogen-bond acceptors (Lipinski definition) is 5. The van der Waals surface area contributed by atoms with Crippen molar-refractivity contribution >= 4 is 73.8 Å². The molecule has 0 saturated carbocycles. The van der Waals surface area contributed by atoms with Crippen molar-refractivity contribution in [1.29, 1.82) is 0 Å². The van der Waals surface area contributed by atoms with Crippen molar-refractivity contribution in [3.63, 3.8) is 0 Å². The molecule has 1 aliphatic heterocycles. The fourth-order valence-electron chi connectivity index (χ4n) is 3.25. The third-order valence-electron chi connectivity index (χ3n) is 4.87. The van der Waals surface area contributed by atoms with Gasteiger partial charge in [0, 0.05) is 34.6 Å². The lowest BCUT2D eigenvalue weighted by molar-refractivity contribution is -0.114. The van der Waals surface area contributed by atoms with Gasteiger partial charge in [0.25, 0.3) is 5.91 Å². The summed E-state index contributed by atoms with van der Waals surface area (Å²) in [5.41, 5.74) is 0.664. The molecule has 2 heterocycles. The van der Waals surface area contributed by atoms with E-state index in [9.17, 15) is 17.6 Å². The molecule has 171 valence electrons. The second-order valence-corrected chi connectivity index (χ2v) is 10.4. The van der Waals surface area contributed by atoms with Gasteiger partial charge in [-0.25, -0.2) is 27.8 Å². The third-order valence-corrected chi connectivity index (χ3v) is 6.87. The number of fused-ring (bicyclic) bond motifs is 3. The largest absolute Gasteiger partial charge is 0.337 e. The highest BCUT2D eigenvalue weighted by Gasteiger charge is 2.20. The van der Waals surface area contributed by atoms with Gasteiger partial charge in [-0.1, -0.05) is 37.0 Å². The monoisotopic (exact) mass is 507 g/mol. The minimum Gasteiger partial charge on any atom is -0.337 e. The molecular weight excluding hydrogens is 490 g/mol. The maximum atomic E-state index is 13.8. The Morgan fingerprint density at radius 3 is 2.45 bits per heavy atom. The summed E-state index contributed by atoms with van der Waals surface area (Å²) in [6.07, 6.45) is 2.62. The lowest BCUT2D eigenvalue weighted by atomic mass is 10.1. The van der Waals surface area contributed by atoms with Gasteiger partial charge in [0.1, 0.15) is 11.6 Å². The molecule has 3 aromatic rings. The Morgan fingerprint density at radius 1 is 1.09 bits per heavy atom.